The normalized spacial score (nSPS) is 16.1. The van der Waals surface area contributed by atoms with Gasteiger partial charge in [-0.05, 0) is 33.4 Å². The van der Waals surface area contributed by atoms with Gasteiger partial charge in [0.25, 0.3) is 0 Å². The molecular formula is C17H29FN2. The number of likely N-dealkylation sites (N-methyl/N-ethyl adjacent to an activating group) is 1. The number of hydrogen-bond donors (Lipinski definition) is 1. The molecule has 3 heteroatoms. The van der Waals surface area contributed by atoms with E-state index in [4.69, 9.17) is 5.73 Å². The highest BCUT2D eigenvalue weighted by Crippen LogP contribution is 2.30. The van der Waals surface area contributed by atoms with Gasteiger partial charge in [0.15, 0.2) is 0 Å². The van der Waals surface area contributed by atoms with Crippen LogP contribution in [-0.4, -0.2) is 24.0 Å². The molecule has 0 spiro atoms. The van der Waals surface area contributed by atoms with Gasteiger partial charge in [0.1, 0.15) is 5.82 Å². The molecule has 1 rings (SSSR count). The molecule has 114 valence electrons. The maximum Gasteiger partial charge on any atom is 0.127 e. The third-order valence-electron chi connectivity index (χ3n) is 4.55. The van der Waals surface area contributed by atoms with Gasteiger partial charge in [0.05, 0.1) is 0 Å². The van der Waals surface area contributed by atoms with Crippen LogP contribution in [0.3, 0.4) is 0 Å². The summed E-state index contributed by atoms with van der Waals surface area (Å²) in [5.74, 6) is -0.139. The summed E-state index contributed by atoms with van der Waals surface area (Å²) in [7, 11) is 2.05. The van der Waals surface area contributed by atoms with Gasteiger partial charge >= 0.3 is 0 Å². The Morgan fingerprint density at radius 2 is 1.95 bits per heavy atom. The van der Waals surface area contributed by atoms with Crippen LogP contribution in [-0.2, 0) is 0 Å². The maximum atomic E-state index is 13.9. The van der Waals surface area contributed by atoms with E-state index in [2.05, 4.69) is 25.8 Å². The summed E-state index contributed by atoms with van der Waals surface area (Å²) in [6.07, 6.45) is 4.63. The SMILES string of the molecule is CCCCCC(C)(CN)N(C)C(C)c1ccccc1F. The molecule has 0 radical (unpaired) electrons. The highest BCUT2D eigenvalue weighted by atomic mass is 19.1. The Balaban J connectivity index is 2.84. The van der Waals surface area contributed by atoms with Gasteiger partial charge < -0.3 is 5.73 Å². The van der Waals surface area contributed by atoms with Crippen molar-refractivity contribution in [1.29, 1.82) is 0 Å². The van der Waals surface area contributed by atoms with Crippen molar-refractivity contribution in [2.75, 3.05) is 13.6 Å². The number of nitrogens with zero attached hydrogens (tertiary/aromatic N) is 1. The smallest absolute Gasteiger partial charge is 0.127 e. The molecule has 2 unspecified atom stereocenters. The van der Waals surface area contributed by atoms with Gasteiger partial charge in [0.2, 0.25) is 0 Å². The lowest BCUT2D eigenvalue weighted by Gasteiger charge is -2.42. The predicted octanol–water partition coefficient (Wildman–Crippen LogP) is 4.12. The molecule has 2 N–H and O–H groups in total. The van der Waals surface area contributed by atoms with E-state index in [0.717, 1.165) is 12.0 Å². The highest BCUT2D eigenvalue weighted by Gasteiger charge is 2.31. The van der Waals surface area contributed by atoms with Gasteiger partial charge in [-0.25, -0.2) is 4.39 Å². The van der Waals surface area contributed by atoms with E-state index >= 15 is 0 Å². The average molecular weight is 280 g/mol. The summed E-state index contributed by atoms with van der Waals surface area (Å²) in [6, 6.07) is 7.02. The molecular weight excluding hydrogens is 251 g/mol. The monoisotopic (exact) mass is 280 g/mol. The van der Waals surface area contributed by atoms with E-state index in [1.165, 1.54) is 25.3 Å². The first kappa shape index (κ1) is 17.1. The van der Waals surface area contributed by atoms with Crippen LogP contribution in [0.15, 0.2) is 24.3 Å². The first-order valence-electron chi connectivity index (χ1n) is 7.63. The van der Waals surface area contributed by atoms with Crippen LogP contribution in [0.2, 0.25) is 0 Å². The topological polar surface area (TPSA) is 29.3 Å². The largest absolute Gasteiger partial charge is 0.329 e. The first-order chi connectivity index (χ1) is 9.46. The zero-order valence-corrected chi connectivity index (χ0v) is 13.3. The second kappa shape index (κ2) is 7.75. The lowest BCUT2D eigenvalue weighted by atomic mass is 9.90. The quantitative estimate of drug-likeness (QED) is 0.726. The zero-order chi connectivity index (χ0) is 15.2. The predicted molar refractivity (Wildman–Crippen MR) is 84.2 cm³/mol. The van der Waals surface area contributed by atoms with Gasteiger partial charge in [-0.15, -0.1) is 0 Å². The second-order valence-electron chi connectivity index (χ2n) is 5.97. The molecule has 2 atom stereocenters. The van der Waals surface area contributed by atoms with Crippen LogP contribution in [0.1, 0.15) is 58.1 Å². The van der Waals surface area contributed by atoms with Crippen LogP contribution in [0, 0.1) is 5.82 Å². The molecule has 0 heterocycles. The van der Waals surface area contributed by atoms with Crippen molar-refractivity contribution < 1.29 is 4.39 Å². The van der Waals surface area contributed by atoms with E-state index in [1.54, 1.807) is 6.07 Å². The fourth-order valence-corrected chi connectivity index (χ4v) is 2.67. The van der Waals surface area contributed by atoms with E-state index in [0.29, 0.717) is 6.54 Å². The molecule has 20 heavy (non-hydrogen) atoms. The summed E-state index contributed by atoms with van der Waals surface area (Å²) >= 11 is 0. The third-order valence-corrected chi connectivity index (χ3v) is 4.55. The van der Waals surface area contributed by atoms with Crippen LogP contribution < -0.4 is 5.73 Å². The minimum Gasteiger partial charge on any atom is -0.329 e. The van der Waals surface area contributed by atoms with E-state index < -0.39 is 0 Å². The Bertz CT molecular complexity index is 408. The minimum absolute atomic E-state index is 0.0198. The number of nitrogens with two attached hydrogens (primary N) is 1. The summed E-state index contributed by atoms with van der Waals surface area (Å²) < 4.78 is 13.9. The van der Waals surface area contributed by atoms with Gasteiger partial charge in [0, 0.05) is 23.7 Å². The summed E-state index contributed by atoms with van der Waals surface area (Å²) in [5.41, 5.74) is 6.66. The summed E-state index contributed by atoms with van der Waals surface area (Å²) in [4.78, 5) is 2.22. The first-order valence-corrected chi connectivity index (χ1v) is 7.63. The zero-order valence-electron chi connectivity index (χ0n) is 13.3. The lowest BCUT2D eigenvalue weighted by Crippen LogP contribution is -2.50. The summed E-state index contributed by atoms with van der Waals surface area (Å²) in [6.45, 7) is 7.02. The maximum absolute atomic E-state index is 13.9. The fraction of sp³-hybridized carbons (Fsp3) is 0.647. The Hall–Kier alpha value is -0.930. The molecule has 0 saturated carbocycles. The van der Waals surface area contributed by atoms with Crippen molar-refractivity contribution in [2.24, 2.45) is 5.73 Å². The van der Waals surface area contributed by atoms with Crippen molar-refractivity contribution >= 4 is 0 Å². The molecule has 2 nitrogen and oxygen atoms in total. The number of halogens is 1. The molecule has 1 aromatic carbocycles. The standard InChI is InChI=1S/C17H29FN2/c1-5-6-9-12-17(3,13-19)20(4)14(2)15-10-7-8-11-16(15)18/h7-8,10-11,14H,5-6,9,12-13,19H2,1-4H3. The van der Waals surface area contributed by atoms with Crippen molar-refractivity contribution in [1.82, 2.24) is 4.90 Å². The summed E-state index contributed by atoms with van der Waals surface area (Å²) in [5, 5.41) is 0. The Labute approximate surface area is 123 Å². The molecule has 0 amide bonds. The molecule has 0 aliphatic carbocycles. The number of unbranched alkanes of at least 4 members (excludes halogenated alkanes) is 2. The molecule has 0 aliphatic rings. The lowest BCUT2D eigenvalue weighted by molar-refractivity contribution is 0.0875. The van der Waals surface area contributed by atoms with Crippen LogP contribution in [0.5, 0.6) is 0 Å². The van der Waals surface area contributed by atoms with Gasteiger partial charge in [-0.1, -0.05) is 44.4 Å². The van der Waals surface area contributed by atoms with Crippen molar-refractivity contribution in [3.05, 3.63) is 35.6 Å². The van der Waals surface area contributed by atoms with Crippen molar-refractivity contribution in [2.45, 2.75) is 58.0 Å². The van der Waals surface area contributed by atoms with Gasteiger partial charge in [-0.2, -0.15) is 0 Å². The Morgan fingerprint density at radius 1 is 1.30 bits per heavy atom. The minimum atomic E-state index is -0.139. The average Bonchev–Trinajstić information content (AvgIpc) is 2.46. The third kappa shape index (κ3) is 4.03. The number of rotatable bonds is 8. The van der Waals surface area contributed by atoms with Crippen LogP contribution in [0.4, 0.5) is 4.39 Å². The molecule has 1 aromatic rings. The molecule has 0 aromatic heterocycles. The van der Waals surface area contributed by atoms with E-state index in [1.807, 2.05) is 19.1 Å². The van der Waals surface area contributed by atoms with Crippen LogP contribution >= 0.6 is 0 Å². The van der Waals surface area contributed by atoms with E-state index in [-0.39, 0.29) is 17.4 Å². The van der Waals surface area contributed by atoms with Crippen molar-refractivity contribution in [3.63, 3.8) is 0 Å². The Morgan fingerprint density at radius 3 is 2.50 bits per heavy atom. The second-order valence-corrected chi connectivity index (χ2v) is 5.97. The van der Waals surface area contributed by atoms with E-state index in [9.17, 15) is 4.39 Å². The molecule has 0 aliphatic heterocycles. The Kier molecular flexibility index (Phi) is 6.63. The highest BCUT2D eigenvalue weighted by molar-refractivity contribution is 5.21. The molecule has 0 bridgehead atoms. The molecule has 0 fully saturated rings. The van der Waals surface area contributed by atoms with Gasteiger partial charge in [-0.3, -0.25) is 4.90 Å². The van der Waals surface area contributed by atoms with Crippen LogP contribution in [0.25, 0.3) is 0 Å². The number of benzene rings is 1. The number of hydrogen-bond acceptors (Lipinski definition) is 2. The molecule has 0 saturated heterocycles. The van der Waals surface area contributed by atoms with Crippen molar-refractivity contribution in [3.8, 4) is 0 Å². The fourth-order valence-electron chi connectivity index (χ4n) is 2.67.